The summed E-state index contributed by atoms with van der Waals surface area (Å²) in [5, 5.41) is 0.124. The fraction of sp³-hybridized carbons (Fsp3) is 0.357. The Kier molecular flexibility index (Phi) is 4.64. The quantitative estimate of drug-likeness (QED) is 0.725. The molecule has 1 aromatic heterocycles. The molecular formula is C14H12Cl4N4. The number of halogens is 4. The van der Waals surface area contributed by atoms with Gasteiger partial charge in [-0.25, -0.2) is 0 Å². The summed E-state index contributed by atoms with van der Waals surface area (Å²) in [6, 6.07) is 9.97. The van der Waals surface area contributed by atoms with Crippen molar-refractivity contribution in [3.8, 4) is 0 Å². The molecule has 0 saturated heterocycles. The lowest BCUT2D eigenvalue weighted by molar-refractivity contribution is 0.692. The summed E-state index contributed by atoms with van der Waals surface area (Å²) in [7, 11) is 0. The van der Waals surface area contributed by atoms with Gasteiger partial charge < -0.3 is 4.90 Å². The van der Waals surface area contributed by atoms with Gasteiger partial charge in [0.2, 0.25) is 16.5 Å². The van der Waals surface area contributed by atoms with Gasteiger partial charge in [0, 0.05) is 19.0 Å². The number of nitrogens with zero attached hydrogens (tertiary/aromatic N) is 4. The van der Waals surface area contributed by atoms with E-state index in [1.165, 1.54) is 0 Å². The molecule has 1 atom stereocenters. The average molecular weight is 378 g/mol. The normalized spacial score (nSPS) is 19.0. The van der Waals surface area contributed by atoms with Crippen LogP contribution in [0.5, 0.6) is 0 Å². The SMILES string of the molecule is Clc1nc(Cl)nc(N(Cc2ccccc2)CC2CC2(Cl)Cl)n1. The number of benzene rings is 1. The Morgan fingerprint density at radius 1 is 1.05 bits per heavy atom. The fourth-order valence-electron chi connectivity index (χ4n) is 2.21. The molecule has 0 spiro atoms. The first-order valence-corrected chi connectivity index (χ1v) is 8.19. The van der Waals surface area contributed by atoms with Gasteiger partial charge in [0.1, 0.15) is 4.33 Å². The van der Waals surface area contributed by atoms with E-state index in [4.69, 9.17) is 46.4 Å². The number of aromatic nitrogens is 3. The largest absolute Gasteiger partial charge is 0.336 e. The summed E-state index contributed by atoms with van der Waals surface area (Å²) in [6.07, 6.45) is 0.744. The van der Waals surface area contributed by atoms with E-state index in [0.717, 1.165) is 12.0 Å². The van der Waals surface area contributed by atoms with Gasteiger partial charge >= 0.3 is 0 Å². The summed E-state index contributed by atoms with van der Waals surface area (Å²) < 4.78 is -0.671. The summed E-state index contributed by atoms with van der Waals surface area (Å²) >= 11 is 24.0. The first-order chi connectivity index (χ1) is 10.4. The van der Waals surface area contributed by atoms with Crippen molar-refractivity contribution in [2.24, 2.45) is 5.92 Å². The zero-order valence-electron chi connectivity index (χ0n) is 11.4. The van der Waals surface area contributed by atoms with Crippen molar-refractivity contribution in [1.29, 1.82) is 0 Å². The minimum atomic E-state index is -0.671. The first-order valence-electron chi connectivity index (χ1n) is 6.68. The van der Waals surface area contributed by atoms with Gasteiger partial charge in [-0.2, -0.15) is 15.0 Å². The Hall–Kier alpha value is -0.810. The van der Waals surface area contributed by atoms with Crippen LogP contribution in [-0.2, 0) is 6.54 Å². The van der Waals surface area contributed by atoms with Crippen molar-refractivity contribution in [2.75, 3.05) is 11.4 Å². The third kappa shape index (κ3) is 3.93. The van der Waals surface area contributed by atoms with E-state index >= 15 is 0 Å². The second-order valence-electron chi connectivity index (χ2n) is 5.20. The minimum Gasteiger partial charge on any atom is -0.336 e. The average Bonchev–Trinajstić information content (AvgIpc) is 3.05. The molecule has 1 heterocycles. The van der Waals surface area contributed by atoms with Gasteiger partial charge in [0.25, 0.3) is 0 Å². The highest BCUT2D eigenvalue weighted by Crippen LogP contribution is 2.53. The number of hydrogen-bond acceptors (Lipinski definition) is 4. The molecule has 0 aliphatic heterocycles. The highest BCUT2D eigenvalue weighted by atomic mass is 35.5. The second-order valence-corrected chi connectivity index (χ2v) is 7.42. The molecule has 0 amide bonds. The molecule has 3 rings (SSSR count). The zero-order valence-corrected chi connectivity index (χ0v) is 14.4. The van der Waals surface area contributed by atoms with Crippen LogP contribution in [0.25, 0.3) is 0 Å². The van der Waals surface area contributed by atoms with E-state index in [9.17, 15) is 0 Å². The molecule has 22 heavy (non-hydrogen) atoms. The Morgan fingerprint density at radius 2 is 1.64 bits per heavy atom. The molecule has 4 nitrogen and oxygen atoms in total. The maximum Gasteiger partial charge on any atom is 0.231 e. The summed E-state index contributed by atoms with van der Waals surface area (Å²) in [6.45, 7) is 1.23. The van der Waals surface area contributed by atoms with E-state index in [0.29, 0.717) is 19.0 Å². The van der Waals surface area contributed by atoms with Crippen molar-refractivity contribution >= 4 is 52.4 Å². The van der Waals surface area contributed by atoms with Gasteiger partial charge in [0.05, 0.1) is 0 Å². The molecule has 1 aliphatic carbocycles. The van der Waals surface area contributed by atoms with Crippen molar-refractivity contribution in [3.63, 3.8) is 0 Å². The predicted octanol–water partition coefficient (Wildman–Crippen LogP) is 4.38. The minimum absolute atomic E-state index is 0.0619. The molecule has 1 aromatic carbocycles. The lowest BCUT2D eigenvalue weighted by Gasteiger charge is -2.23. The monoisotopic (exact) mass is 376 g/mol. The molecule has 1 fully saturated rings. The van der Waals surface area contributed by atoms with Gasteiger partial charge in [-0.3, -0.25) is 0 Å². The molecule has 0 bridgehead atoms. The summed E-state index contributed by atoms with van der Waals surface area (Å²) in [5.74, 6) is 0.582. The number of alkyl halides is 2. The predicted molar refractivity (Wildman–Crippen MR) is 89.9 cm³/mol. The third-order valence-electron chi connectivity index (χ3n) is 3.46. The van der Waals surface area contributed by atoms with Crippen LogP contribution in [0.15, 0.2) is 30.3 Å². The van der Waals surface area contributed by atoms with Crippen molar-refractivity contribution < 1.29 is 0 Å². The molecule has 1 saturated carbocycles. The van der Waals surface area contributed by atoms with E-state index in [2.05, 4.69) is 15.0 Å². The van der Waals surface area contributed by atoms with Gasteiger partial charge in [-0.1, -0.05) is 30.3 Å². The highest BCUT2D eigenvalue weighted by molar-refractivity contribution is 6.50. The first kappa shape index (κ1) is 16.1. The zero-order chi connectivity index (χ0) is 15.7. The van der Waals surface area contributed by atoms with E-state index < -0.39 is 4.33 Å². The maximum atomic E-state index is 6.14. The number of anilines is 1. The lowest BCUT2D eigenvalue weighted by atomic mass is 10.2. The van der Waals surface area contributed by atoms with Crippen LogP contribution in [0.3, 0.4) is 0 Å². The van der Waals surface area contributed by atoms with Crippen LogP contribution in [0.1, 0.15) is 12.0 Å². The maximum absolute atomic E-state index is 6.14. The molecule has 116 valence electrons. The van der Waals surface area contributed by atoms with Gasteiger partial charge in [-0.05, 0) is 35.2 Å². The van der Waals surface area contributed by atoms with Crippen LogP contribution in [0.2, 0.25) is 10.6 Å². The standard InChI is InChI=1S/C14H12Cl4N4/c15-11-19-12(16)21-13(20-11)22(8-10-6-14(10,17)18)7-9-4-2-1-3-5-9/h1-5,10H,6-8H2. The van der Waals surface area contributed by atoms with Crippen molar-refractivity contribution in [1.82, 2.24) is 15.0 Å². The Morgan fingerprint density at radius 3 is 2.18 bits per heavy atom. The van der Waals surface area contributed by atoms with Crippen LogP contribution in [0.4, 0.5) is 5.95 Å². The summed E-state index contributed by atoms with van der Waals surface area (Å²) in [4.78, 5) is 14.1. The Bertz CT molecular complexity index is 645. The van der Waals surface area contributed by atoms with Crippen molar-refractivity contribution in [2.45, 2.75) is 17.3 Å². The molecular weight excluding hydrogens is 366 g/mol. The fourth-order valence-corrected chi connectivity index (χ4v) is 3.08. The molecule has 0 radical (unpaired) electrons. The van der Waals surface area contributed by atoms with E-state index in [1.54, 1.807) is 0 Å². The third-order valence-corrected chi connectivity index (χ3v) is 4.73. The van der Waals surface area contributed by atoms with Crippen LogP contribution in [-0.4, -0.2) is 25.8 Å². The number of hydrogen-bond donors (Lipinski definition) is 0. The molecule has 1 aliphatic rings. The lowest BCUT2D eigenvalue weighted by Crippen LogP contribution is -2.28. The van der Waals surface area contributed by atoms with Crippen LogP contribution < -0.4 is 4.90 Å². The van der Waals surface area contributed by atoms with Crippen molar-refractivity contribution in [3.05, 3.63) is 46.5 Å². The van der Waals surface area contributed by atoms with Gasteiger partial charge in [0.15, 0.2) is 0 Å². The Labute approximate surface area is 148 Å². The molecule has 0 N–H and O–H groups in total. The number of rotatable bonds is 5. The summed E-state index contributed by atoms with van der Waals surface area (Å²) in [5.41, 5.74) is 1.12. The topological polar surface area (TPSA) is 41.9 Å². The van der Waals surface area contributed by atoms with E-state index in [-0.39, 0.29) is 16.5 Å². The van der Waals surface area contributed by atoms with Gasteiger partial charge in [-0.15, -0.1) is 23.2 Å². The Balaban J connectivity index is 1.85. The smallest absolute Gasteiger partial charge is 0.231 e. The molecule has 1 unspecified atom stereocenters. The highest BCUT2D eigenvalue weighted by Gasteiger charge is 2.52. The van der Waals surface area contributed by atoms with Crippen LogP contribution >= 0.6 is 46.4 Å². The molecule has 8 heteroatoms. The second kappa shape index (κ2) is 6.36. The molecule has 2 aromatic rings. The van der Waals surface area contributed by atoms with E-state index in [1.807, 2.05) is 35.2 Å². The van der Waals surface area contributed by atoms with Crippen LogP contribution in [0, 0.1) is 5.92 Å².